The molecule has 7 nitrogen and oxygen atoms in total. The van der Waals surface area contributed by atoms with Crippen LogP contribution in [-0.2, 0) is 15.7 Å². The number of Topliss-reactive ketones (excluding diaryl/α,β-unsaturated/α-hetero) is 1. The van der Waals surface area contributed by atoms with Gasteiger partial charge in [-0.1, -0.05) is 18.2 Å². The van der Waals surface area contributed by atoms with Gasteiger partial charge in [-0.25, -0.2) is 4.79 Å². The molecule has 36 heavy (non-hydrogen) atoms. The molecule has 188 valence electrons. The first-order chi connectivity index (χ1) is 16.8. The molecule has 1 N–H and O–H groups in total. The van der Waals surface area contributed by atoms with E-state index >= 15 is 0 Å². The van der Waals surface area contributed by atoms with Gasteiger partial charge in [0, 0.05) is 18.0 Å². The van der Waals surface area contributed by atoms with Gasteiger partial charge in [0.15, 0.2) is 5.78 Å². The van der Waals surface area contributed by atoms with Gasteiger partial charge in [-0.15, -0.1) is 0 Å². The number of nitrogens with one attached hydrogen (secondary N) is 1. The second kappa shape index (κ2) is 10.6. The number of carbonyl (C=O) groups is 3. The summed E-state index contributed by atoms with van der Waals surface area (Å²) in [5, 5.41) is 0.675. The molecular formula is C26H24F3N3O4. The number of hydrazine groups is 1. The van der Waals surface area contributed by atoms with Crippen LogP contribution in [0.4, 0.5) is 23.7 Å². The first kappa shape index (κ1) is 26.4. The molecule has 0 fully saturated rings. The fourth-order valence-corrected chi connectivity index (χ4v) is 3.15. The molecule has 0 atom stereocenters. The van der Waals surface area contributed by atoms with Gasteiger partial charge in [-0.3, -0.25) is 20.0 Å². The smallest absolute Gasteiger partial charge is 0.434 e. The van der Waals surface area contributed by atoms with Crippen LogP contribution in [-0.4, -0.2) is 28.4 Å². The second-order valence-corrected chi connectivity index (χ2v) is 8.81. The summed E-state index contributed by atoms with van der Waals surface area (Å²) < 4.78 is 44.1. The van der Waals surface area contributed by atoms with Crippen LogP contribution in [0.1, 0.15) is 43.1 Å². The maximum atomic E-state index is 12.9. The maximum Gasteiger partial charge on any atom is 0.434 e. The number of benzene rings is 2. The summed E-state index contributed by atoms with van der Waals surface area (Å²) in [7, 11) is 0. The minimum absolute atomic E-state index is 0.0715. The van der Waals surface area contributed by atoms with Crippen LogP contribution < -0.4 is 10.4 Å². The van der Waals surface area contributed by atoms with Crippen molar-refractivity contribution in [3.05, 3.63) is 84.2 Å². The molecule has 2 aromatic carbocycles. The predicted molar refractivity (Wildman–Crippen MR) is 127 cm³/mol. The molecule has 0 saturated heterocycles. The van der Waals surface area contributed by atoms with Gasteiger partial charge in [0.1, 0.15) is 5.60 Å². The van der Waals surface area contributed by atoms with Crippen molar-refractivity contribution in [3.63, 3.8) is 0 Å². The van der Waals surface area contributed by atoms with Crippen LogP contribution in [0.3, 0.4) is 0 Å². The Morgan fingerprint density at radius 2 is 1.56 bits per heavy atom. The van der Waals surface area contributed by atoms with Gasteiger partial charge in [-0.2, -0.15) is 18.2 Å². The van der Waals surface area contributed by atoms with Crippen molar-refractivity contribution < 1.29 is 32.3 Å². The molecule has 0 spiro atoms. The summed E-state index contributed by atoms with van der Waals surface area (Å²) in [5.74, 6) is -1.36. The van der Waals surface area contributed by atoms with E-state index in [1.54, 1.807) is 69.6 Å². The highest BCUT2D eigenvalue weighted by Gasteiger charge is 2.31. The van der Waals surface area contributed by atoms with E-state index < -0.39 is 41.5 Å². The third-order valence-electron chi connectivity index (χ3n) is 4.78. The van der Waals surface area contributed by atoms with Crippen molar-refractivity contribution >= 4 is 23.5 Å². The van der Waals surface area contributed by atoms with Gasteiger partial charge < -0.3 is 4.74 Å². The number of ether oxygens (including phenoxy) is 1. The van der Waals surface area contributed by atoms with Crippen LogP contribution in [0.5, 0.6) is 0 Å². The third-order valence-corrected chi connectivity index (χ3v) is 4.78. The van der Waals surface area contributed by atoms with Crippen molar-refractivity contribution in [2.75, 3.05) is 5.01 Å². The molecule has 0 radical (unpaired) electrons. The molecule has 3 rings (SSSR count). The molecule has 3 aromatic rings. The Bertz CT molecular complexity index is 1240. The Kier molecular flexibility index (Phi) is 7.77. The molecule has 1 heterocycles. The average Bonchev–Trinajstić information content (AvgIpc) is 2.81. The summed E-state index contributed by atoms with van der Waals surface area (Å²) >= 11 is 0. The largest absolute Gasteiger partial charge is 0.442 e. The highest BCUT2D eigenvalue weighted by Crippen LogP contribution is 2.30. The standard InChI is InChI=1S/C26H24F3N3O4/c1-25(2,3)36-24(35)32(21-9-7-20(8-10-21)26(27,28)29)31-23(34)16-22(33)19-6-4-5-18(15-19)17-11-13-30-14-12-17/h4-15H,16H2,1-3H3,(H,31,34). The van der Waals surface area contributed by atoms with Crippen LogP contribution in [0.2, 0.25) is 0 Å². The summed E-state index contributed by atoms with van der Waals surface area (Å²) in [5.41, 5.74) is 2.19. The molecule has 0 unspecified atom stereocenters. The number of hydrogen-bond donors (Lipinski definition) is 1. The van der Waals surface area contributed by atoms with Gasteiger partial charge in [0.2, 0.25) is 5.91 Å². The summed E-state index contributed by atoms with van der Waals surface area (Å²) in [6, 6.07) is 13.8. The average molecular weight is 499 g/mol. The highest BCUT2D eigenvalue weighted by atomic mass is 19.4. The number of rotatable bonds is 5. The molecule has 0 aliphatic carbocycles. The molecule has 0 saturated carbocycles. The monoisotopic (exact) mass is 499 g/mol. The second-order valence-electron chi connectivity index (χ2n) is 8.81. The highest BCUT2D eigenvalue weighted by molar-refractivity contribution is 6.09. The summed E-state index contributed by atoms with van der Waals surface area (Å²) in [4.78, 5) is 42.1. The molecule has 1 aromatic heterocycles. The first-order valence-electron chi connectivity index (χ1n) is 10.9. The van der Waals surface area contributed by atoms with Crippen molar-refractivity contribution in [2.45, 2.75) is 39.0 Å². The number of halogens is 3. The van der Waals surface area contributed by atoms with Gasteiger partial charge in [0.05, 0.1) is 17.7 Å². The van der Waals surface area contributed by atoms with Gasteiger partial charge >= 0.3 is 12.3 Å². The van der Waals surface area contributed by atoms with Gasteiger partial charge in [0.25, 0.3) is 0 Å². The minimum atomic E-state index is -4.57. The SMILES string of the molecule is CC(C)(C)OC(=O)N(NC(=O)CC(=O)c1cccc(-c2ccncc2)c1)c1ccc(C(F)(F)F)cc1. The lowest BCUT2D eigenvalue weighted by molar-refractivity contribution is -0.137. The number of anilines is 1. The zero-order valence-electron chi connectivity index (χ0n) is 19.8. The Labute approximate surface area is 205 Å². The van der Waals surface area contributed by atoms with Crippen LogP contribution in [0.25, 0.3) is 11.1 Å². The fraction of sp³-hybridized carbons (Fsp3) is 0.231. The van der Waals surface area contributed by atoms with E-state index in [4.69, 9.17) is 4.74 Å². The van der Waals surface area contributed by atoms with Crippen molar-refractivity contribution in [3.8, 4) is 11.1 Å². The zero-order valence-corrected chi connectivity index (χ0v) is 19.8. The Morgan fingerprint density at radius 3 is 2.14 bits per heavy atom. The Hall–Kier alpha value is -4.21. The van der Waals surface area contributed by atoms with Crippen LogP contribution in [0.15, 0.2) is 73.1 Å². The van der Waals surface area contributed by atoms with Crippen LogP contribution >= 0.6 is 0 Å². The normalized spacial score (nSPS) is 11.5. The number of aromatic nitrogens is 1. The van der Waals surface area contributed by atoms with Crippen LogP contribution in [0, 0.1) is 0 Å². The number of hydrogen-bond acceptors (Lipinski definition) is 5. The number of ketones is 1. The summed E-state index contributed by atoms with van der Waals surface area (Å²) in [6.07, 6.45) is -2.98. The Balaban J connectivity index is 1.78. The Morgan fingerprint density at radius 1 is 0.917 bits per heavy atom. The van der Waals surface area contributed by atoms with E-state index in [0.717, 1.165) is 35.4 Å². The lowest BCUT2D eigenvalue weighted by Crippen LogP contribution is -2.49. The fourth-order valence-electron chi connectivity index (χ4n) is 3.15. The van der Waals surface area contributed by atoms with Crippen molar-refractivity contribution in [1.29, 1.82) is 0 Å². The topological polar surface area (TPSA) is 88.6 Å². The molecule has 0 aliphatic rings. The molecular weight excluding hydrogens is 475 g/mol. The lowest BCUT2D eigenvalue weighted by atomic mass is 10.0. The molecule has 10 heteroatoms. The van der Waals surface area contributed by atoms with E-state index in [1.165, 1.54) is 0 Å². The van der Waals surface area contributed by atoms with E-state index in [0.29, 0.717) is 5.01 Å². The van der Waals surface area contributed by atoms with E-state index in [9.17, 15) is 27.6 Å². The number of pyridine rings is 1. The number of nitrogens with zero attached hydrogens (tertiary/aromatic N) is 2. The molecule has 0 aliphatic heterocycles. The molecule has 2 amide bonds. The van der Waals surface area contributed by atoms with Crippen molar-refractivity contribution in [1.82, 2.24) is 10.4 Å². The number of amides is 2. The zero-order chi connectivity index (χ0) is 26.5. The lowest BCUT2D eigenvalue weighted by Gasteiger charge is -2.27. The maximum absolute atomic E-state index is 12.9. The quantitative estimate of drug-likeness (QED) is 0.272. The number of alkyl halides is 3. The summed E-state index contributed by atoms with van der Waals surface area (Å²) in [6.45, 7) is 4.78. The molecule has 0 bridgehead atoms. The predicted octanol–water partition coefficient (Wildman–Crippen LogP) is 5.81. The van der Waals surface area contributed by atoms with Crippen molar-refractivity contribution in [2.24, 2.45) is 0 Å². The van der Waals surface area contributed by atoms with Gasteiger partial charge in [-0.05, 0) is 74.4 Å². The van der Waals surface area contributed by atoms with E-state index in [2.05, 4.69) is 10.4 Å². The number of carbonyl (C=O) groups excluding carboxylic acids is 3. The minimum Gasteiger partial charge on any atom is -0.442 e. The van der Waals surface area contributed by atoms with E-state index in [-0.39, 0.29) is 11.3 Å². The third kappa shape index (κ3) is 7.14. The first-order valence-corrected chi connectivity index (χ1v) is 10.9. The van der Waals surface area contributed by atoms with E-state index in [1.807, 2.05) is 0 Å².